The van der Waals surface area contributed by atoms with Crippen molar-refractivity contribution >= 4 is 0 Å². The number of rotatable bonds is 5. The Morgan fingerprint density at radius 1 is 1.35 bits per heavy atom. The van der Waals surface area contributed by atoms with E-state index in [2.05, 4.69) is 24.8 Å². The highest BCUT2D eigenvalue weighted by molar-refractivity contribution is 5.33. The minimum atomic E-state index is -0.198. The highest BCUT2D eigenvalue weighted by atomic mass is 19.1. The van der Waals surface area contributed by atoms with Crippen molar-refractivity contribution in [3.8, 4) is 6.07 Å². The van der Waals surface area contributed by atoms with E-state index >= 15 is 0 Å². The molecule has 2 nitrogen and oxygen atoms in total. The maximum atomic E-state index is 14.0. The van der Waals surface area contributed by atoms with E-state index in [4.69, 9.17) is 5.26 Å². The van der Waals surface area contributed by atoms with E-state index < -0.39 is 0 Å². The molecular formula is C17H23FN2. The fraction of sp³-hybridized carbons (Fsp3) is 0.588. The number of nitriles is 1. The van der Waals surface area contributed by atoms with Gasteiger partial charge in [-0.3, -0.25) is 4.90 Å². The molecule has 1 aliphatic rings. The number of benzene rings is 1. The van der Waals surface area contributed by atoms with Crippen molar-refractivity contribution in [2.45, 2.75) is 52.1 Å². The quantitative estimate of drug-likeness (QED) is 0.808. The van der Waals surface area contributed by atoms with Gasteiger partial charge in [0, 0.05) is 24.7 Å². The molecule has 2 rings (SSSR count). The van der Waals surface area contributed by atoms with Crippen molar-refractivity contribution in [1.82, 2.24) is 4.90 Å². The van der Waals surface area contributed by atoms with Gasteiger partial charge in [0.05, 0.1) is 11.6 Å². The van der Waals surface area contributed by atoms with E-state index in [0.717, 1.165) is 6.54 Å². The van der Waals surface area contributed by atoms with Crippen LogP contribution in [0.2, 0.25) is 0 Å². The predicted octanol–water partition coefficient (Wildman–Crippen LogP) is 4.10. The topological polar surface area (TPSA) is 27.0 Å². The number of nitrogens with zero attached hydrogens (tertiary/aromatic N) is 2. The molecule has 0 amide bonds. The van der Waals surface area contributed by atoms with Gasteiger partial charge in [-0.1, -0.05) is 26.7 Å². The number of halogens is 1. The average Bonchev–Trinajstić information content (AvgIpc) is 2.94. The Morgan fingerprint density at radius 2 is 2.05 bits per heavy atom. The Bertz CT molecular complexity index is 484. The highest BCUT2D eigenvalue weighted by Gasteiger charge is 2.24. The van der Waals surface area contributed by atoms with Gasteiger partial charge < -0.3 is 0 Å². The summed E-state index contributed by atoms with van der Waals surface area (Å²) < 4.78 is 14.0. The van der Waals surface area contributed by atoms with E-state index in [0.29, 0.717) is 29.6 Å². The van der Waals surface area contributed by atoms with E-state index in [9.17, 15) is 4.39 Å². The van der Waals surface area contributed by atoms with Crippen LogP contribution in [0.3, 0.4) is 0 Å². The first-order chi connectivity index (χ1) is 9.60. The molecule has 1 aromatic carbocycles. The molecular weight excluding hydrogens is 251 g/mol. The molecule has 3 heteroatoms. The summed E-state index contributed by atoms with van der Waals surface area (Å²) in [6, 6.07) is 7.31. The van der Waals surface area contributed by atoms with Crippen molar-refractivity contribution < 1.29 is 4.39 Å². The first-order valence-electron chi connectivity index (χ1n) is 7.52. The van der Waals surface area contributed by atoms with Crippen molar-refractivity contribution in [3.63, 3.8) is 0 Å². The maximum absolute atomic E-state index is 14.0. The van der Waals surface area contributed by atoms with Crippen LogP contribution in [0, 0.1) is 23.1 Å². The Kier molecular flexibility index (Phi) is 5.14. The first kappa shape index (κ1) is 15.0. The van der Waals surface area contributed by atoms with Gasteiger partial charge >= 0.3 is 0 Å². The molecule has 1 aliphatic carbocycles. The minimum Gasteiger partial charge on any atom is -0.296 e. The Hall–Kier alpha value is -1.40. The van der Waals surface area contributed by atoms with Crippen molar-refractivity contribution in [3.05, 3.63) is 35.1 Å². The molecule has 0 N–H and O–H groups in total. The maximum Gasteiger partial charge on any atom is 0.127 e. The minimum absolute atomic E-state index is 0.198. The van der Waals surface area contributed by atoms with Crippen LogP contribution in [-0.4, -0.2) is 17.5 Å². The van der Waals surface area contributed by atoms with Crippen molar-refractivity contribution in [2.24, 2.45) is 5.92 Å². The fourth-order valence-electron chi connectivity index (χ4n) is 3.07. The van der Waals surface area contributed by atoms with Crippen LogP contribution in [0.4, 0.5) is 4.39 Å². The number of hydrogen-bond donors (Lipinski definition) is 0. The molecule has 0 aromatic heterocycles. The summed E-state index contributed by atoms with van der Waals surface area (Å²) >= 11 is 0. The van der Waals surface area contributed by atoms with Gasteiger partial charge in [-0.25, -0.2) is 4.39 Å². The van der Waals surface area contributed by atoms with Crippen LogP contribution < -0.4 is 0 Å². The second-order valence-corrected chi connectivity index (χ2v) is 6.18. The summed E-state index contributed by atoms with van der Waals surface area (Å²) in [6.45, 7) is 6.00. The van der Waals surface area contributed by atoms with Gasteiger partial charge in [0.25, 0.3) is 0 Å². The lowest BCUT2D eigenvalue weighted by Crippen LogP contribution is -2.36. The van der Waals surface area contributed by atoms with E-state index in [1.807, 2.05) is 0 Å². The van der Waals surface area contributed by atoms with Crippen LogP contribution in [0.5, 0.6) is 0 Å². The summed E-state index contributed by atoms with van der Waals surface area (Å²) in [6.07, 6.45) is 4.98. The normalized spacial score (nSPS) is 16.0. The summed E-state index contributed by atoms with van der Waals surface area (Å²) in [5.41, 5.74) is 1.19. The second-order valence-electron chi connectivity index (χ2n) is 6.18. The molecule has 0 heterocycles. The lowest BCUT2D eigenvalue weighted by Gasteiger charge is -2.30. The molecule has 0 radical (unpaired) electrons. The van der Waals surface area contributed by atoms with Gasteiger partial charge in [-0.2, -0.15) is 5.26 Å². The van der Waals surface area contributed by atoms with Crippen LogP contribution in [0.1, 0.15) is 50.7 Å². The molecule has 0 aliphatic heterocycles. The van der Waals surface area contributed by atoms with Crippen LogP contribution in [-0.2, 0) is 6.54 Å². The standard InChI is InChI=1S/C17H23FN2/c1-13(2)11-20(16-5-3-4-6-16)12-15-9-14(10-19)7-8-17(15)18/h7-9,13,16H,3-6,11-12H2,1-2H3. The highest BCUT2D eigenvalue weighted by Crippen LogP contribution is 2.26. The zero-order valence-electron chi connectivity index (χ0n) is 12.4. The van der Waals surface area contributed by atoms with Gasteiger partial charge in [0.1, 0.15) is 5.82 Å². The van der Waals surface area contributed by atoms with Gasteiger partial charge in [0.2, 0.25) is 0 Å². The largest absolute Gasteiger partial charge is 0.296 e. The predicted molar refractivity (Wildman–Crippen MR) is 78.6 cm³/mol. The lowest BCUT2D eigenvalue weighted by atomic mass is 10.1. The Labute approximate surface area is 121 Å². The third kappa shape index (κ3) is 3.80. The smallest absolute Gasteiger partial charge is 0.127 e. The van der Waals surface area contributed by atoms with Crippen LogP contribution >= 0.6 is 0 Å². The zero-order valence-corrected chi connectivity index (χ0v) is 12.4. The first-order valence-corrected chi connectivity index (χ1v) is 7.52. The molecule has 1 saturated carbocycles. The molecule has 0 atom stereocenters. The average molecular weight is 274 g/mol. The molecule has 0 bridgehead atoms. The van der Waals surface area contributed by atoms with E-state index in [1.54, 1.807) is 12.1 Å². The fourth-order valence-corrected chi connectivity index (χ4v) is 3.07. The zero-order chi connectivity index (χ0) is 14.5. The molecule has 1 fully saturated rings. The molecule has 0 spiro atoms. The molecule has 1 aromatic rings. The van der Waals surface area contributed by atoms with Gasteiger partial charge in [-0.15, -0.1) is 0 Å². The van der Waals surface area contributed by atoms with E-state index in [1.165, 1.54) is 31.7 Å². The molecule has 20 heavy (non-hydrogen) atoms. The van der Waals surface area contributed by atoms with Gasteiger partial charge in [-0.05, 0) is 37.0 Å². The van der Waals surface area contributed by atoms with Crippen molar-refractivity contribution in [1.29, 1.82) is 5.26 Å². The number of hydrogen-bond acceptors (Lipinski definition) is 2. The molecule has 0 unspecified atom stereocenters. The summed E-state index contributed by atoms with van der Waals surface area (Å²) in [7, 11) is 0. The SMILES string of the molecule is CC(C)CN(Cc1cc(C#N)ccc1F)C1CCCC1. The third-order valence-electron chi connectivity index (χ3n) is 3.99. The summed E-state index contributed by atoms with van der Waals surface area (Å²) in [4.78, 5) is 2.40. The Morgan fingerprint density at radius 3 is 2.65 bits per heavy atom. The summed E-state index contributed by atoms with van der Waals surface area (Å²) in [5.74, 6) is 0.369. The third-order valence-corrected chi connectivity index (χ3v) is 3.99. The lowest BCUT2D eigenvalue weighted by molar-refractivity contribution is 0.166. The second kappa shape index (κ2) is 6.85. The van der Waals surface area contributed by atoms with Gasteiger partial charge in [0.15, 0.2) is 0 Å². The molecule has 108 valence electrons. The van der Waals surface area contributed by atoms with Crippen molar-refractivity contribution in [2.75, 3.05) is 6.54 Å². The Balaban J connectivity index is 2.16. The van der Waals surface area contributed by atoms with Crippen LogP contribution in [0.15, 0.2) is 18.2 Å². The van der Waals surface area contributed by atoms with E-state index in [-0.39, 0.29) is 5.82 Å². The monoisotopic (exact) mass is 274 g/mol. The molecule has 0 saturated heterocycles. The van der Waals surface area contributed by atoms with Crippen LogP contribution in [0.25, 0.3) is 0 Å². The summed E-state index contributed by atoms with van der Waals surface area (Å²) in [5, 5.41) is 8.96.